The lowest BCUT2D eigenvalue weighted by molar-refractivity contribution is 0.749. The first-order chi connectivity index (χ1) is 9.24. The Hall–Kier alpha value is -2.47. The molecule has 0 aromatic heterocycles. The van der Waals surface area contributed by atoms with Gasteiger partial charge in [0.2, 0.25) is 0 Å². The number of nitrogens with zero attached hydrogens (tertiary/aromatic N) is 1. The van der Waals surface area contributed by atoms with Crippen molar-refractivity contribution in [2.75, 3.05) is 11.1 Å². The van der Waals surface area contributed by atoms with E-state index in [2.05, 4.69) is 30.4 Å². The lowest BCUT2D eigenvalue weighted by Crippen LogP contribution is -2.09. The number of nitrogens with one attached hydrogen (secondary N) is 1. The van der Waals surface area contributed by atoms with Crippen molar-refractivity contribution in [3.8, 4) is 6.07 Å². The lowest BCUT2D eigenvalue weighted by Gasteiger charge is -2.19. The van der Waals surface area contributed by atoms with Crippen LogP contribution in [-0.4, -0.2) is 0 Å². The van der Waals surface area contributed by atoms with Crippen molar-refractivity contribution in [2.45, 2.75) is 19.4 Å². The number of anilines is 2. The summed E-state index contributed by atoms with van der Waals surface area (Å²) in [5, 5.41) is 12.4. The average molecular weight is 251 g/mol. The van der Waals surface area contributed by atoms with Gasteiger partial charge in [0.15, 0.2) is 0 Å². The number of hydrogen-bond acceptors (Lipinski definition) is 3. The number of hydrogen-bond donors (Lipinski definition) is 2. The molecule has 0 aliphatic carbocycles. The topological polar surface area (TPSA) is 61.8 Å². The van der Waals surface area contributed by atoms with Crippen LogP contribution in [0.5, 0.6) is 0 Å². The third-order valence-electron chi connectivity index (χ3n) is 3.12. The number of benzene rings is 2. The van der Waals surface area contributed by atoms with Gasteiger partial charge in [-0.3, -0.25) is 0 Å². The Bertz CT molecular complexity index is 585. The van der Waals surface area contributed by atoms with E-state index in [1.165, 1.54) is 5.56 Å². The highest BCUT2D eigenvalue weighted by molar-refractivity contribution is 5.62. The molecule has 0 aliphatic heterocycles. The normalized spacial score (nSPS) is 11.6. The SMILES string of the molecule is CCC(Nc1ccc(N)c(C#N)c1)c1ccccc1. The zero-order valence-corrected chi connectivity index (χ0v) is 10.9. The van der Waals surface area contributed by atoms with Crippen molar-refractivity contribution < 1.29 is 0 Å². The van der Waals surface area contributed by atoms with Crippen molar-refractivity contribution in [3.63, 3.8) is 0 Å². The molecule has 0 saturated carbocycles. The summed E-state index contributed by atoms with van der Waals surface area (Å²) in [6.07, 6.45) is 0.969. The lowest BCUT2D eigenvalue weighted by atomic mass is 10.0. The zero-order valence-electron chi connectivity index (χ0n) is 10.9. The van der Waals surface area contributed by atoms with E-state index in [-0.39, 0.29) is 6.04 Å². The minimum atomic E-state index is 0.233. The van der Waals surface area contributed by atoms with E-state index in [1.54, 1.807) is 12.1 Å². The molecule has 96 valence electrons. The Morgan fingerprint density at radius 2 is 1.95 bits per heavy atom. The molecule has 1 unspecified atom stereocenters. The van der Waals surface area contributed by atoms with Crippen LogP contribution >= 0.6 is 0 Å². The van der Waals surface area contributed by atoms with Crippen LogP contribution in [0.2, 0.25) is 0 Å². The second kappa shape index (κ2) is 5.92. The molecule has 2 aromatic carbocycles. The molecule has 0 heterocycles. The molecule has 0 spiro atoms. The summed E-state index contributed by atoms with van der Waals surface area (Å²) < 4.78 is 0. The first-order valence-electron chi connectivity index (χ1n) is 6.35. The Kier molecular flexibility index (Phi) is 4.04. The van der Waals surface area contributed by atoms with Crippen LogP contribution in [0.4, 0.5) is 11.4 Å². The summed E-state index contributed by atoms with van der Waals surface area (Å²) >= 11 is 0. The molecule has 0 aliphatic rings. The van der Waals surface area contributed by atoms with Gasteiger partial charge in [-0.25, -0.2) is 0 Å². The number of rotatable bonds is 4. The molecule has 0 bridgehead atoms. The van der Waals surface area contributed by atoms with Crippen LogP contribution in [-0.2, 0) is 0 Å². The van der Waals surface area contributed by atoms with Crippen molar-refractivity contribution in [1.29, 1.82) is 5.26 Å². The Morgan fingerprint density at radius 3 is 2.58 bits per heavy atom. The fraction of sp³-hybridized carbons (Fsp3) is 0.188. The van der Waals surface area contributed by atoms with E-state index in [1.807, 2.05) is 24.3 Å². The molecule has 3 heteroatoms. The Morgan fingerprint density at radius 1 is 1.21 bits per heavy atom. The van der Waals surface area contributed by atoms with E-state index in [0.717, 1.165) is 12.1 Å². The summed E-state index contributed by atoms with van der Waals surface area (Å²) in [5.41, 5.74) is 8.90. The van der Waals surface area contributed by atoms with E-state index >= 15 is 0 Å². The van der Waals surface area contributed by atoms with Crippen LogP contribution in [0.15, 0.2) is 48.5 Å². The molecular formula is C16H17N3. The maximum absolute atomic E-state index is 8.99. The molecule has 0 saturated heterocycles. The van der Waals surface area contributed by atoms with Gasteiger partial charge in [-0.1, -0.05) is 37.3 Å². The Balaban J connectivity index is 2.22. The van der Waals surface area contributed by atoms with Crippen LogP contribution in [0.25, 0.3) is 0 Å². The van der Waals surface area contributed by atoms with Gasteiger partial charge in [-0.15, -0.1) is 0 Å². The van der Waals surface area contributed by atoms with Crippen molar-refractivity contribution >= 4 is 11.4 Å². The smallest absolute Gasteiger partial charge is 0.101 e. The quantitative estimate of drug-likeness (QED) is 0.814. The highest BCUT2D eigenvalue weighted by atomic mass is 14.9. The highest BCUT2D eigenvalue weighted by Crippen LogP contribution is 2.24. The molecule has 0 amide bonds. The van der Waals surface area contributed by atoms with E-state index in [0.29, 0.717) is 11.3 Å². The van der Waals surface area contributed by atoms with Crippen LogP contribution in [0.1, 0.15) is 30.5 Å². The van der Waals surface area contributed by atoms with Gasteiger partial charge < -0.3 is 11.1 Å². The molecule has 3 N–H and O–H groups in total. The fourth-order valence-electron chi connectivity index (χ4n) is 2.05. The minimum Gasteiger partial charge on any atom is -0.398 e. The number of nitriles is 1. The highest BCUT2D eigenvalue weighted by Gasteiger charge is 2.09. The first-order valence-corrected chi connectivity index (χ1v) is 6.35. The van der Waals surface area contributed by atoms with Gasteiger partial charge in [0.25, 0.3) is 0 Å². The summed E-state index contributed by atoms with van der Waals surface area (Å²) in [6, 6.07) is 18.1. The number of nitrogen functional groups attached to an aromatic ring is 1. The second-order valence-electron chi connectivity index (χ2n) is 4.43. The van der Waals surface area contributed by atoms with Crippen molar-refractivity contribution in [1.82, 2.24) is 0 Å². The maximum Gasteiger partial charge on any atom is 0.101 e. The summed E-state index contributed by atoms with van der Waals surface area (Å²) in [7, 11) is 0. The molecule has 2 rings (SSSR count). The summed E-state index contributed by atoms with van der Waals surface area (Å²) in [5.74, 6) is 0. The van der Waals surface area contributed by atoms with Crippen LogP contribution < -0.4 is 11.1 Å². The van der Waals surface area contributed by atoms with Crippen LogP contribution in [0.3, 0.4) is 0 Å². The summed E-state index contributed by atoms with van der Waals surface area (Å²) in [6.45, 7) is 2.13. The minimum absolute atomic E-state index is 0.233. The molecular weight excluding hydrogens is 234 g/mol. The number of nitrogens with two attached hydrogens (primary N) is 1. The standard InChI is InChI=1S/C16H17N3/c1-2-16(12-6-4-3-5-7-12)19-14-8-9-15(18)13(10-14)11-17/h3-10,16,19H,2,18H2,1H3. The molecule has 1 atom stereocenters. The maximum atomic E-state index is 8.99. The van der Waals surface area contributed by atoms with E-state index < -0.39 is 0 Å². The van der Waals surface area contributed by atoms with Gasteiger partial charge in [0.1, 0.15) is 6.07 Å². The summed E-state index contributed by atoms with van der Waals surface area (Å²) in [4.78, 5) is 0. The van der Waals surface area contributed by atoms with Gasteiger partial charge in [-0.05, 0) is 30.2 Å². The molecule has 3 nitrogen and oxygen atoms in total. The van der Waals surface area contributed by atoms with Gasteiger partial charge in [-0.2, -0.15) is 5.26 Å². The van der Waals surface area contributed by atoms with E-state index in [9.17, 15) is 0 Å². The van der Waals surface area contributed by atoms with Gasteiger partial charge in [0.05, 0.1) is 11.6 Å². The average Bonchev–Trinajstić information content (AvgIpc) is 2.47. The third kappa shape index (κ3) is 3.05. The Labute approximate surface area is 113 Å². The molecule has 0 fully saturated rings. The first kappa shape index (κ1) is 13.0. The molecule has 2 aromatic rings. The van der Waals surface area contributed by atoms with Crippen LogP contribution in [0, 0.1) is 11.3 Å². The largest absolute Gasteiger partial charge is 0.398 e. The second-order valence-corrected chi connectivity index (χ2v) is 4.43. The van der Waals surface area contributed by atoms with Gasteiger partial charge >= 0.3 is 0 Å². The third-order valence-corrected chi connectivity index (χ3v) is 3.12. The predicted octanol–water partition coefficient (Wildman–Crippen LogP) is 3.70. The monoisotopic (exact) mass is 251 g/mol. The molecule has 19 heavy (non-hydrogen) atoms. The van der Waals surface area contributed by atoms with Gasteiger partial charge in [0, 0.05) is 11.4 Å². The van der Waals surface area contributed by atoms with E-state index in [4.69, 9.17) is 11.0 Å². The fourth-order valence-corrected chi connectivity index (χ4v) is 2.05. The molecule has 0 radical (unpaired) electrons. The van der Waals surface area contributed by atoms with Crippen molar-refractivity contribution in [2.24, 2.45) is 0 Å². The zero-order chi connectivity index (χ0) is 13.7. The predicted molar refractivity (Wildman–Crippen MR) is 78.7 cm³/mol. The van der Waals surface area contributed by atoms with Crippen molar-refractivity contribution in [3.05, 3.63) is 59.7 Å².